The van der Waals surface area contributed by atoms with Crippen LogP contribution in [0.2, 0.25) is 0 Å². The van der Waals surface area contributed by atoms with Crippen molar-refractivity contribution in [2.45, 2.75) is 31.8 Å². The fraction of sp³-hybridized carbons (Fsp3) is 0.909. The van der Waals surface area contributed by atoms with E-state index in [1.54, 1.807) is 0 Å². The number of hydrogen-bond acceptors (Lipinski definition) is 4. The summed E-state index contributed by atoms with van der Waals surface area (Å²) in [6.07, 6.45) is 3.19. The zero-order chi connectivity index (χ0) is 10.9. The number of aliphatic hydroxyl groups is 1. The molecule has 0 bridgehead atoms. The van der Waals surface area contributed by atoms with Gasteiger partial charge in [0.25, 0.3) is 0 Å². The Morgan fingerprint density at radius 2 is 2.47 bits per heavy atom. The number of likely N-dealkylation sites (N-methyl/N-ethyl adjacent to an activating group) is 1. The van der Waals surface area contributed by atoms with Crippen molar-refractivity contribution >= 4 is 5.96 Å². The van der Waals surface area contributed by atoms with Gasteiger partial charge in [0.1, 0.15) is 0 Å². The van der Waals surface area contributed by atoms with E-state index in [1.165, 1.54) is 0 Å². The molecule has 2 N–H and O–H groups in total. The Labute approximate surface area is 91.4 Å². The van der Waals surface area contributed by atoms with E-state index in [-0.39, 0.29) is 0 Å². The standard InChI is InChI=1S/C11H21N3O/c1-9-4-3-5-11(9,15)8-13-10-12-6-7-14(10)2/h9,15H,3-8H2,1-2H3,(H,12,13). The molecule has 2 rings (SSSR count). The third-order valence-electron chi connectivity index (χ3n) is 3.78. The molecule has 2 atom stereocenters. The van der Waals surface area contributed by atoms with Gasteiger partial charge in [0.05, 0.1) is 12.1 Å². The number of aliphatic imine (C=N–C) groups is 1. The molecule has 0 aromatic carbocycles. The van der Waals surface area contributed by atoms with Crippen molar-refractivity contribution < 1.29 is 5.11 Å². The van der Waals surface area contributed by atoms with Crippen LogP contribution in [-0.2, 0) is 0 Å². The molecule has 2 unspecified atom stereocenters. The van der Waals surface area contributed by atoms with Gasteiger partial charge in [-0.05, 0) is 18.8 Å². The predicted octanol–water partition coefficient (Wildman–Crippen LogP) is 0.428. The SMILES string of the molecule is CC1CCCC1(O)CNC1=NCCN1C. The first kappa shape index (κ1) is 10.7. The maximum Gasteiger partial charge on any atom is 0.193 e. The molecule has 0 aromatic heterocycles. The third kappa shape index (κ3) is 2.09. The zero-order valence-electron chi connectivity index (χ0n) is 9.66. The Kier molecular flexibility index (Phi) is 2.87. The van der Waals surface area contributed by atoms with Gasteiger partial charge in [0.2, 0.25) is 0 Å². The maximum atomic E-state index is 10.4. The van der Waals surface area contributed by atoms with Gasteiger partial charge >= 0.3 is 0 Å². The van der Waals surface area contributed by atoms with E-state index in [9.17, 15) is 5.11 Å². The minimum absolute atomic E-state index is 0.400. The number of nitrogens with one attached hydrogen (secondary N) is 1. The lowest BCUT2D eigenvalue weighted by molar-refractivity contribution is 0.0135. The largest absolute Gasteiger partial charge is 0.388 e. The summed E-state index contributed by atoms with van der Waals surface area (Å²) in [6, 6.07) is 0. The van der Waals surface area contributed by atoms with Crippen LogP contribution in [0.15, 0.2) is 4.99 Å². The van der Waals surface area contributed by atoms with Crippen LogP contribution in [0.1, 0.15) is 26.2 Å². The molecule has 0 radical (unpaired) electrons. The van der Waals surface area contributed by atoms with Gasteiger partial charge in [-0.3, -0.25) is 4.99 Å². The van der Waals surface area contributed by atoms with Crippen molar-refractivity contribution in [3.8, 4) is 0 Å². The van der Waals surface area contributed by atoms with Gasteiger partial charge in [-0.25, -0.2) is 0 Å². The Morgan fingerprint density at radius 1 is 1.67 bits per heavy atom. The summed E-state index contributed by atoms with van der Waals surface area (Å²) in [5.41, 5.74) is -0.522. The van der Waals surface area contributed by atoms with Gasteiger partial charge in [-0.15, -0.1) is 0 Å². The fourth-order valence-electron chi connectivity index (χ4n) is 2.45. The predicted molar refractivity (Wildman–Crippen MR) is 60.9 cm³/mol. The Balaban J connectivity index is 1.87. The Bertz CT molecular complexity index is 267. The van der Waals surface area contributed by atoms with Crippen molar-refractivity contribution in [3.05, 3.63) is 0 Å². The molecule has 1 saturated carbocycles. The second kappa shape index (κ2) is 4.00. The highest BCUT2D eigenvalue weighted by molar-refractivity contribution is 5.81. The molecule has 1 aliphatic carbocycles. The van der Waals surface area contributed by atoms with Crippen molar-refractivity contribution in [1.29, 1.82) is 0 Å². The average Bonchev–Trinajstić information content (AvgIpc) is 2.73. The highest BCUT2D eigenvalue weighted by Crippen LogP contribution is 2.34. The molecule has 4 heteroatoms. The molecule has 4 nitrogen and oxygen atoms in total. The first-order valence-corrected chi connectivity index (χ1v) is 5.84. The van der Waals surface area contributed by atoms with E-state index >= 15 is 0 Å². The quantitative estimate of drug-likeness (QED) is 0.696. The molecule has 86 valence electrons. The topological polar surface area (TPSA) is 47.9 Å². The second-order valence-electron chi connectivity index (χ2n) is 4.88. The van der Waals surface area contributed by atoms with Crippen molar-refractivity contribution in [2.75, 3.05) is 26.7 Å². The molecule has 0 amide bonds. The van der Waals surface area contributed by atoms with Gasteiger partial charge in [-0.1, -0.05) is 13.3 Å². The number of hydrogen-bond donors (Lipinski definition) is 2. The molecule has 0 aromatic rings. The summed E-state index contributed by atoms with van der Waals surface area (Å²) in [6.45, 7) is 4.62. The van der Waals surface area contributed by atoms with E-state index in [0.717, 1.165) is 38.3 Å². The summed E-state index contributed by atoms with van der Waals surface area (Å²) in [5.74, 6) is 1.33. The molecule has 0 saturated heterocycles. The summed E-state index contributed by atoms with van der Waals surface area (Å²) >= 11 is 0. The van der Waals surface area contributed by atoms with E-state index in [1.807, 2.05) is 7.05 Å². The highest BCUT2D eigenvalue weighted by atomic mass is 16.3. The minimum Gasteiger partial charge on any atom is -0.388 e. The second-order valence-corrected chi connectivity index (χ2v) is 4.88. The lowest BCUT2D eigenvalue weighted by Crippen LogP contribution is -2.47. The lowest BCUT2D eigenvalue weighted by Gasteiger charge is -2.29. The molecule has 15 heavy (non-hydrogen) atoms. The smallest absolute Gasteiger partial charge is 0.193 e. The first-order chi connectivity index (χ1) is 7.12. The van der Waals surface area contributed by atoms with Crippen LogP contribution in [0.25, 0.3) is 0 Å². The molecule has 1 fully saturated rings. The van der Waals surface area contributed by atoms with Gasteiger partial charge in [0.15, 0.2) is 5.96 Å². The van der Waals surface area contributed by atoms with Crippen LogP contribution in [0.3, 0.4) is 0 Å². The van der Waals surface area contributed by atoms with E-state index in [2.05, 4.69) is 22.1 Å². The van der Waals surface area contributed by atoms with Crippen molar-refractivity contribution in [1.82, 2.24) is 10.2 Å². The lowest BCUT2D eigenvalue weighted by atomic mass is 9.92. The van der Waals surface area contributed by atoms with Crippen molar-refractivity contribution in [2.24, 2.45) is 10.9 Å². The highest BCUT2D eigenvalue weighted by Gasteiger charge is 2.38. The fourth-order valence-corrected chi connectivity index (χ4v) is 2.45. The Morgan fingerprint density at radius 3 is 3.00 bits per heavy atom. The van der Waals surface area contributed by atoms with Crippen LogP contribution >= 0.6 is 0 Å². The minimum atomic E-state index is -0.522. The van der Waals surface area contributed by atoms with E-state index in [4.69, 9.17) is 0 Å². The summed E-state index contributed by atoms with van der Waals surface area (Å²) in [4.78, 5) is 6.45. The first-order valence-electron chi connectivity index (χ1n) is 5.84. The molecule has 1 heterocycles. The van der Waals surface area contributed by atoms with Gasteiger partial charge in [0, 0.05) is 20.1 Å². The number of guanidine groups is 1. The van der Waals surface area contributed by atoms with Crippen LogP contribution < -0.4 is 5.32 Å². The molecular formula is C11H21N3O. The Hall–Kier alpha value is -0.770. The average molecular weight is 211 g/mol. The maximum absolute atomic E-state index is 10.4. The molecule has 1 aliphatic heterocycles. The van der Waals surface area contributed by atoms with Crippen LogP contribution in [0, 0.1) is 5.92 Å². The number of rotatable bonds is 2. The molecular weight excluding hydrogens is 190 g/mol. The summed E-state index contributed by atoms with van der Waals surface area (Å²) < 4.78 is 0. The van der Waals surface area contributed by atoms with Gasteiger partial charge < -0.3 is 15.3 Å². The normalized spacial score (nSPS) is 35.8. The summed E-state index contributed by atoms with van der Waals surface area (Å²) in [5, 5.41) is 13.6. The van der Waals surface area contributed by atoms with Crippen LogP contribution in [0.4, 0.5) is 0 Å². The van der Waals surface area contributed by atoms with Gasteiger partial charge in [-0.2, -0.15) is 0 Å². The zero-order valence-corrected chi connectivity index (χ0v) is 9.66. The van der Waals surface area contributed by atoms with E-state index < -0.39 is 5.60 Å². The molecule has 2 aliphatic rings. The summed E-state index contributed by atoms with van der Waals surface area (Å²) in [7, 11) is 2.03. The van der Waals surface area contributed by atoms with Crippen molar-refractivity contribution in [3.63, 3.8) is 0 Å². The monoisotopic (exact) mass is 211 g/mol. The number of nitrogens with zero attached hydrogens (tertiary/aromatic N) is 2. The van der Waals surface area contributed by atoms with Crippen LogP contribution in [0.5, 0.6) is 0 Å². The van der Waals surface area contributed by atoms with Crippen LogP contribution in [-0.4, -0.2) is 48.2 Å². The van der Waals surface area contributed by atoms with E-state index in [0.29, 0.717) is 12.5 Å². The third-order valence-corrected chi connectivity index (χ3v) is 3.78. The molecule has 0 spiro atoms.